The van der Waals surface area contributed by atoms with E-state index in [1.54, 1.807) is 6.34 Å². The second-order valence-corrected chi connectivity index (χ2v) is 14.3. The van der Waals surface area contributed by atoms with Gasteiger partial charge in [0.1, 0.15) is 0 Å². The summed E-state index contributed by atoms with van der Waals surface area (Å²) in [5.41, 5.74) is 12.7. The third-order valence-corrected chi connectivity index (χ3v) is 11.1. The Balaban J connectivity index is 0.000000152. The molecule has 0 fully saturated rings. The van der Waals surface area contributed by atoms with E-state index in [2.05, 4.69) is 139 Å². The van der Waals surface area contributed by atoms with Crippen LogP contribution in [0.15, 0.2) is 124 Å². The third-order valence-electron chi connectivity index (χ3n) is 9.97. The normalized spacial score (nSPS) is 18.2. The van der Waals surface area contributed by atoms with Crippen LogP contribution in [0.4, 0.5) is 0 Å². The molecule has 1 aliphatic heterocycles. The van der Waals surface area contributed by atoms with Gasteiger partial charge in [-0.2, -0.15) is 11.3 Å². The monoisotopic (exact) mass is 828 g/mol. The Bertz CT molecular complexity index is 2480. The molecule has 1 radical (unpaired) electrons. The SMILES string of the molecule is CC(C)c1cc[c-]c(-c2nccc3ccccc23)c1.CC1N=CN=C1c1[c-]cc2c(c1)sc1cc3c4c(c12)C=CC1=CC=CC(=CC3)C14.[Ir]. The molecule has 241 valence electrons. The van der Waals surface area contributed by atoms with Crippen molar-refractivity contribution in [1.82, 2.24) is 4.98 Å². The van der Waals surface area contributed by atoms with Crippen LogP contribution in [0.25, 0.3) is 48.3 Å². The number of thiophene rings is 1. The van der Waals surface area contributed by atoms with Gasteiger partial charge in [0.05, 0.1) is 12.4 Å². The molecule has 3 nitrogen and oxygen atoms in total. The fourth-order valence-electron chi connectivity index (χ4n) is 7.52. The van der Waals surface area contributed by atoms with E-state index >= 15 is 0 Å². The average Bonchev–Trinajstić information content (AvgIpc) is 3.73. The molecule has 0 amide bonds. The molecule has 0 bridgehead atoms. The van der Waals surface area contributed by atoms with Gasteiger partial charge >= 0.3 is 0 Å². The van der Waals surface area contributed by atoms with Crippen LogP contribution in [0.5, 0.6) is 0 Å². The zero-order valence-electron chi connectivity index (χ0n) is 27.5. The number of aliphatic imine (C=N–C) groups is 2. The molecule has 6 aromatic rings. The second-order valence-electron chi connectivity index (χ2n) is 13.2. The minimum Gasteiger partial charge on any atom is -0.304 e. The topological polar surface area (TPSA) is 37.6 Å². The van der Waals surface area contributed by atoms with Crippen molar-refractivity contribution in [1.29, 1.82) is 0 Å². The number of nitrogens with zero attached hydrogens (tertiary/aromatic N) is 3. The number of aromatic nitrogens is 1. The maximum absolute atomic E-state index is 4.55. The van der Waals surface area contributed by atoms with E-state index < -0.39 is 0 Å². The Morgan fingerprint density at radius 1 is 0.898 bits per heavy atom. The predicted octanol–water partition coefficient (Wildman–Crippen LogP) is 11.0. The molecule has 2 atom stereocenters. The van der Waals surface area contributed by atoms with Crippen molar-refractivity contribution in [2.24, 2.45) is 9.98 Å². The fraction of sp³-hybridized carbons (Fsp3) is 0.159. The molecule has 2 unspecified atom stereocenters. The van der Waals surface area contributed by atoms with Gasteiger partial charge in [-0.15, -0.1) is 59.2 Å². The first-order chi connectivity index (χ1) is 23.5. The molecule has 0 saturated carbocycles. The number of benzene rings is 4. The van der Waals surface area contributed by atoms with Gasteiger partial charge in [-0.25, -0.2) is 0 Å². The van der Waals surface area contributed by atoms with Crippen LogP contribution in [-0.4, -0.2) is 23.1 Å². The molecule has 0 spiro atoms. The van der Waals surface area contributed by atoms with Gasteiger partial charge in [-0.3, -0.25) is 9.98 Å². The zero-order chi connectivity index (χ0) is 32.4. The first-order valence-corrected chi connectivity index (χ1v) is 17.5. The third kappa shape index (κ3) is 5.41. The largest absolute Gasteiger partial charge is 0.304 e. The summed E-state index contributed by atoms with van der Waals surface area (Å²) in [6.45, 7) is 6.49. The second kappa shape index (κ2) is 12.7. The number of hydrogen-bond acceptors (Lipinski definition) is 4. The van der Waals surface area contributed by atoms with Gasteiger partial charge in [0, 0.05) is 36.9 Å². The summed E-state index contributed by atoms with van der Waals surface area (Å²) in [6, 6.07) is 30.5. The Kier molecular flexibility index (Phi) is 8.24. The van der Waals surface area contributed by atoms with E-state index in [0.717, 1.165) is 29.0 Å². The first-order valence-electron chi connectivity index (χ1n) is 16.7. The maximum Gasteiger partial charge on any atom is 0.0991 e. The summed E-state index contributed by atoms with van der Waals surface area (Å²) in [5, 5.41) is 5.09. The standard InChI is InChI=1S/C26H17N2S.C18H16N.Ir/c1-14-26(28-13-27-14)18-8-9-19-21(12-18)29-22-11-17-6-5-15-3-2-4-16-7-10-20(25(19)22)24(17)23(15)16;1-13(2)15-7-5-8-16(12-15)18-17-9-4-3-6-14(17)10-11-19-18;/h2-5,7,9-14,23H,6H2,1H3;3-7,9-13H,1-2H3;/q2*-1;. The molecule has 0 saturated heterocycles. The van der Waals surface area contributed by atoms with E-state index in [1.807, 2.05) is 29.7 Å². The van der Waals surface area contributed by atoms with Crippen LogP contribution in [0, 0.1) is 12.1 Å². The Morgan fingerprint density at radius 3 is 2.65 bits per heavy atom. The summed E-state index contributed by atoms with van der Waals surface area (Å²) in [4.78, 5) is 13.4. The predicted molar refractivity (Wildman–Crippen MR) is 204 cm³/mol. The van der Waals surface area contributed by atoms with E-state index in [1.165, 1.54) is 64.3 Å². The van der Waals surface area contributed by atoms with Crippen molar-refractivity contribution in [3.8, 4) is 11.3 Å². The van der Waals surface area contributed by atoms with Gasteiger partial charge in [-0.1, -0.05) is 80.0 Å². The summed E-state index contributed by atoms with van der Waals surface area (Å²) < 4.78 is 2.68. The summed E-state index contributed by atoms with van der Waals surface area (Å²) in [7, 11) is 0. The summed E-state index contributed by atoms with van der Waals surface area (Å²) in [5.74, 6) is 0.917. The number of fused-ring (bicyclic) bond motifs is 5. The molecular weight excluding hydrogens is 795 g/mol. The Morgan fingerprint density at radius 2 is 1.80 bits per heavy atom. The molecule has 49 heavy (non-hydrogen) atoms. The Hall–Kier alpha value is -4.54. The molecule has 3 heterocycles. The molecule has 2 aromatic heterocycles. The molecule has 4 aliphatic rings. The number of allylic oxidation sites excluding steroid dienone is 7. The average molecular weight is 828 g/mol. The van der Waals surface area contributed by atoms with E-state index in [-0.39, 0.29) is 26.1 Å². The number of pyridine rings is 1. The van der Waals surface area contributed by atoms with E-state index in [9.17, 15) is 0 Å². The van der Waals surface area contributed by atoms with Crippen LogP contribution in [0.2, 0.25) is 0 Å². The smallest absolute Gasteiger partial charge is 0.0991 e. The van der Waals surface area contributed by atoms with Crippen molar-refractivity contribution >= 4 is 60.4 Å². The van der Waals surface area contributed by atoms with Crippen LogP contribution < -0.4 is 0 Å². The number of rotatable bonds is 3. The van der Waals surface area contributed by atoms with Gasteiger partial charge in [0.15, 0.2) is 0 Å². The molecule has 3 aliphatic carbocycles. The number of hydrogen-bond donors (Lipinski definition) is 0. The van der Waals surface area contributed by atoms with E-state index in [4.69, 9.17) is 0 Å². The minimum absolute atomic E-state index is 0. The van der Waals surface area contributed by atoms with Crippen LogP contribution in [-0.2, 0) is 26.5 Å². The summed E-state index contributed by atoms with van der Waals surface area (Å²) in [6.07, 6.45) is 18.3. The molecule has 0 N–H and O–H groups in total. The molecular formula is C44H33IrN3S-2. The van der Waals surface area contributed by atoms with Gasteiger partial charge < -0.3 is 4.98 Å². The van der Waals surface area contributed by atoms with Crippen molar-refractivity contribution in [2.75, 3.05) is 0 Å². The maximum atomic E-state index is 4.55. The molecule has 5 heteroatoms. The first kappa shape index (κ1) is 31.7. The fourth-order valence-corrected chi connectivity index (χ4v) is 8.73. The van der Waals surface area contributed by atoms with E-state index in [0.29, 0.717) is 11.8 Å². The zero-order valence-corrected chi connectivity index (χ0v) is 30.7. The van der Waals surface area contributed by atoms with Crippen LogP contribution in [0.3, 0.4) is 0 Å². The Labute approximate surface area is 304 Å². The van der Waals surface area contributed by atoms with Gasteiger partial charge in [0.25, 0.3) is 0 Å². The van der Waals surface area contributed by atoms with Crippen LogP contribution in [0.1, 0.15) is 60.4 Å². The van der Waals surface area contributed by atoms with Crippen molar-refractivity contribution in [3.63, 3.8) is 0 Å². The van der Waals surface area contributed by atoms with Crippen molar-refractivity contribution in [3.05, 3.63) is 154 Å². The molecule has 4 aromatic carbocycles. The van der Waals surface area contributed by atoms with Gasteiger partial charge in [-0.05, 0) is 91.5 Å². The van der Waals surface area contributed by atoms with Crippen molar-refractivity contribution in [2.45, 2.75) is 45.1 Å². The summed E-state index contributed by atoms with van der Waals surface area (Å²) >= 11 is 1.89. The minimum atomic E-state index is 0. The van der Waals surface area contributed by atoms with Gasteiger partial charge in [0.2, 0.25) is 0 Å². The van der Waals surface area contributed by atoms with Crippen LogP contribution >= 0.6 is 11.3 Å². The molecule has 10 rings (SSSR count). The quantitative estimate of drug-likeness (QED) is 0.164. The van der Waals surface area contributed by atoms with Crippen molar-refractivity contribution < 1.29 is 20.1 Å².